The van der Waals surface area contributed by atoms with E-state index >= 15 is 0 Å². The molecule has 0 atom stereocenters. The van der Waals surface area contributed by atoms with E-state index in [-0.39, 0.29) is 0 Å². The van der Waals surface area contributed by atoms with E-state index in [2.05, 4.69) is 111 Å². The minimum atomic E-state index is 0.861. The van der Waals surface area contributed by atoms with E-state index < -0.39 is 0 Å². The third kappa shape index (κ3) is 10.9. The first-order valence-electron chi connectivity index (χ1n) is 22.6. The molecule has 0 spiro atoms. The molecule has 1 aliphatic heterocycles. The van der Waals surface area contributed by atoms with E-state index in [1.807, 2.05) is 106 Å². The van der Waals surface area contributed by atoms with Gasteiger partial charge in [-0.3, -0.25) is 0 Å². The minimum Gasteiger partial charge on any atom is -0.496 e. The highest BCUT2D eigenvalue weighted by atomic mass is 32.2. The quantitative estimate of drug-likeness (QED) is 0.0797. The van der Waals surface area contributed by atoms with Crippen molar-refractivity contribution in [1.29, 1.82) is 0 Å². The molecule has 0 N–H and O–H groups in total. The molecule has 0 radical (unpaired) electrons. The predicted molar refractivity (Wildman–Crippen MR) is 292 cm³/mol. The molecule has 0 fully saturated rings. The summed E-state index contributed by atoms with van der Waals surface area (Å²) in [6.07, 6.45) is 12.9. The van der Waals surface area contributed by atoms with Gasteiger partial charge in [0.2, 0.25) is 0 Å². The molecule has 7 heterocycles. The number of hydrogen-bond acceptors (Lipinski definition) is 10. The first kappa shape index (κ1) is 46.1. The standard InChI is InChI=1S/C54H56O2S8/c1-5-7-9-11-13-41-15-17-45(59-41)47-23-25-51(63-47)49-21-19-43(61-49)35-27-37-31-57-33-39-29-36(30-40(54(39)56-4)34-58-32-38(28-35)53(37)55-3)44-20-22-50(62-44)52-26-24-48(64-52)46-18-16-42(60-46)14-12-10-8-6-2/h15-30H,5-14,31-34H2,1-4H3. The van der Waals surface area contributed by atoms with Crippen molar-refractivity contribution in [1.82, 2.24) is 0 Å². The zero-order valence-electron chi connectivity index (χ0n) is 37.2. The number of ether oxygens (including phenoxy) is 2. The van der Waals surface area contributed by atoms with Gasteiger partial charge in [-0.15, -0.1) is 68.0 Å². The van der Waals surface area contributed by atoms with Crippen LogP contribution in [0.15, 0.2) is 97.1 Å². The van der Waals surface area contributed by atoms with Gasteiger partial charge in [0.1, 0.15) is 11.5 Å². The molecule has 10 heteroatoms. The lowest BCUT2D eigenvalue weighted by atomic mass is 10.0. The highest BCUT2D eigenvalue weighted by Crippen LogP contribution is 2.47. The number of hydrogen-bond donors (Lipinski definition) is 0. The van der Waals surface area contributed by atoms with Gasteiger partial charge < -0.3 is 9.47 Å². The van der Waals surface area contributed by atoms with Gasteiger partial charge >= 0.3 is 0 Å². The Morgan fingerprint density at radius 1 is 0.359 bits per heavy atom. The number of rotatable bonds is 18. The minimum absolute atomic E-state index is 0.861. The van der Waals surface area contributed by atoms with E-state index in [9.17, 15) is 0 Å². The van der Waals surface area contributed by atoms with Crippen LogP contribution in [-0.4, -0.2) is 14.2 Å². The second-order valence-electron chi connectivity index (χ2n) is 16.4. The van der Waals surface area contributed by atoms with Gasteiger partial charge in [0, 0.05) is 104 Å². The fourth-order valence-electron chi connectivity index (χ4n) is 8.49. The van der Waals surface area contributed by atoms with Gasteiger partial charge in [0.15, 0.2) is 0 Å². The number of unbranched alkanes of at least 4 members (excludes halogenated alkanes) is 6. The molecule has 2 nitrogen and oxygen atoms in total. The first-order chi connectivity index (χ1) is 31.5. The summed E-state index contributed by atoms with van der Waals surface area (Å²) in [4.78, 5) is 16.5. The van der Waals surface area contributed by atoms with E-state index in [1.165, 1.54) is 156 Å². The molecule has 1 aliphatic rings. The lowest BCUT2D eigenvalue weighted by Gasteiger charge is -2.19. The summed E-state index contributed by atoms with van der Waals surface area (Å²) in [5.74, 6) is 5.51. The second-order valence-corrected chi connectivity index (χ2v) is 25.1. The monoisotopic (exact) mass is 992 g/mol. The molecule has 0 saturated heterocycles. The topological polar surface area (TPSA) is 18.5 Å². The van der Waals surface area contributed by atoms with Crippen LogP contribution in [0.5, 0.6) is 11.5 Å². The van der Waals surface area contributed by atoms with Gasteiger partial charge in [0.25, 0.3) is 0 Å². The second kappa shape index (κ2) is 22.2. The van der Waals surface area contributed by atoms with E-state index in [1.54, 1.807) is 0 Å². The maximum absolute atomic E-state index is 6.18. The number of thioether (sulfide) groups is 2. The predicted octanol–water partition coefficient (Wildman–Crippen LogP) is 19.5. The van der Waals surface area contributed by atoms with Crippen LogP contribution in [-0.2, 0) is 35.9 Å². The fourth-order valence-corrected chi connectivity index (χ4v) is 16.9. The van der Waals surface area contributed by atoms with Gasteiger partial charge in [-0.2, -0.15) is 23.5 Å². The van der Waals surface area contributed by atoms with Crippen LogP contribution in [0.1, 0.15) is 97.2 Å². The van der Waals surface area contributed by atoms with Crippen LogP contribution in [0.4, 0.5) is 0 Å². The average molecular weight is 994 g/mol. The number of fused-ring (bicyclic) bond motifs is 4. The summed E-state index contributed by atoms with van der Waals surface area (Å²) in [6, 6.07) is 37.4. The van der Waals surface area contributed by atoms with Crippen molar-refractivity contribution in [2.45, 2.75) is 101 Å². The van der Waals surface area contributed by atoms with Gasteiger partial charge in [0.05, 0.1) is 14.2 Å². The van der Waals surface area contributed by atoms with Crippen molar-refractivity contribution >= 4 is 91.5 Å². The zero-order chi connectivity index (χ0) is 43.8. The molecule has 0 saturated carbocycles. The average Bonchev–Trinajstić information content (AvgIpc) is 4.17. The van der Waals surface area contributed by atoms with Crippen LogP contribution in [0, 0.1) is 0 Å². The van der Waals surface area contributed by atoms with Crippen LogP contribution >= 0.6 is 91.5 Å². The lowest BCUT2D eigenvalue weighted by molar-refractivity contribution is 0.407. The summed E-state index contributed by atoms with van der Waals surface area (Å²) in [5.41, 5.74) is 7.61. The van der Waals surface area contributed by atoms with Crippen molar-refractivity contribution in [2.75, 3.05) is 14.2 Å². The molecule has 0 aliphatic carbocycles. The molecule has 8 aromatic rings. The number of methoxy groups -OCH3 is 2. The summed E-state index contributed by atoms with van der Waals surface area (Å²) < 4.78 is 12.4. The van der Waals surface area contributed by atoms with Crippen LogP contribution < -0.4 is 9.47 Å². The number of aryl methyl sites for hydroxylation is 2. The Hall–Kier alpha value is -3.06. The Morgan fingerprint density at radius 3 is 0.984 bits per heavy atom. The maximum Gasteiger partial charge on any atom is 0.126 e. The largest absolute Gasteiger partial charge is 0.496 e. The molecule has 6 aromatic heterocycles. The molecule has 9 rings (SSSR count). The Labute approximate surface area is 413 Å². The molecule has 0 unspecified atom stereocenters. The molecule has 332 valence electrons. The lowest BCUT2D eigenvalue weighted by Crippen LogP contribution is -2.01. The third-order valence-corrected chi connectivity index (χ3v) is 21.3. The molecular formula is C54H56O2S8. The first-order valence-corrected chi connectivity index (χ1v) is 29.8. The number of thiophene rings is 6. The van der Waals surface area contributed by atoms with Crippen molar-refractivity contribution in [3.8, 4) is 71.4 Å². The highest BCUT2D eigenvalue weighted by Gasteiger charge is 2.20. The van der Waals surface area contributed by atoms with Gasteiger partial charge in [-0.25, -0.2) is 0 Å². The van der Waals surface area contributed by atoms with Crippen molar-refractivity contribution in [3.63, 3.8) is 0 Å². The third-order valence-electron chi connectivity index (χ3n) is 11.8. The van der Waals surface area contributed by atoms with Crippen LogP contribution in [0.3, 0.4) is 0 Å². The Kier molecular flexibility index (Phi) is 15.9. The number of benzene rings is 2. The van der Waals surface area contributed by atoms with Crippen molar-refractivity contribution < 1.29 is 9.47 Å². The summed E-state index contributed by atoms with van der Waals surface area (Å²) in [5, 5.41) is 0. The summed E-state index contributed by atoms with van der Waals surface area (Å²) >= 11 is 15.5. The van der Waals surface area contributed by atoms with E-state index in [0.29, 0.717) is 0 Å². The molecule has 0 amide bonds. The van der Waals surface area contributed by atoms with Crippen molar-refractivity contribution in [2.24, 2.45) is 0 Å². The SMILES string of the molecule is CCCCCCc1ccc(-c2ccc(-c3ccc(-c4cc5c(OC)c(c4)CSCc4cc(-c6ccc(-c7ccc(-c8ccc(CCCCCC)s8)s7)s6)cc(c4OC)CSC5)s3)s2)s1. The smallest absolute Gasteiger partial charge is 0.126 e. The Morgan fingerprint density at radius 2 is 0.656 bits per heavy atom. The van der Waals surface area contributed by atoms with E-state index in [0.717, 1.165) is 34.5 Å². The van der Waals surface area contributed by atoms with Crippen LogP contribution in [0.2, 0.25) is 0 Å². The summed E-state index contributed by atoms with van der Waals surface area (Å²) in [6.45, 7) is 4.56. The highest BCUT2D eigenvalue weighted by molar-refractivity contribution is 7.98. The molecule has 4 bridgehead atoms. The van der Waals surface area contributed by atoms with Gasteiger partial charge in [-0.05, 0) is 134 Å². The Bertz CT molecular complexity index is 2530. The zero-order valence-corrected chi connectivity index (χ0v) is 43.8. The fraction of sp³-hybridized carbons (Fsp3) is 0.333. The van der Waals surface area contributed by atoms with Gasteiger partial charge in [-0.1, -0.05) is 52.4 Å². The normalized spacial score (nSPS) is 12.9. The van der Waals surface area contributed by atoms with Crippen molar-refractivity contribution in [3.05, 3.63) is 129 Å². The molecule has 64 heavy (non-hydrogen) atoms. The summed E-state index contributed by atoms with van der Waals surface area (Å²) in [7, 11) is 3.67. The Balaban J connectivity index is 0.903. The van der Waals surface area contributed by atoms with E-state index in [4.69, 9.17) is 9.47 Å². The molecule has 2 aromatic carbocycles. The molecular weight excluding hydrogens is 937 g/mol. The maximum atomic E-state index is 6.18. The van der Waals surface area contributed by atoms with Crippen LogP contribution in [0.25, 0.3) is 59.9 Å².